The summed E-state index contributed by atoms with van der Waals surface area (Å²) in [7, 11) is 0. The van der Waals surface area contributed by atoms with Crippen LogP contribution in [0.15, 0.2) is 42.7 Å². The first-order chi connectivity index (χ1) is 11.4. The van der Waals surface area contributed by atoms with Gasteiger partial charge in [-0.25, -0.2) is 13.9 Å². The van der Waals surface area contributed by atoms with Crippen molar-refractivity contribution >= 4 is 11.3 Å². The quantitative estimate of drug-likeness (QED) is 0.726. The molecule has 0 atom stereocenters. The fraction of sp³-hybridized carbons (Fsp3) is 0.294. The Kier molecular flexibility index (Phi) is 4.35. The van der Waals surface area contributed by atoms with Crippen molar-refractivity contribution in [3.8, 4) is 11.6 Å². The van der Waals surface area contributed by atoms with E-state index in [1.165, 1.54) is 12.1 Å². The molecule has 0 aliphatic rings. The van der Waals surface area contributed by atoms with Gasteiger partial charge in [0.05, 0.1) is 11.3 Å². The van der Waals surface area contributed by atoms with Gasteiger partial charge >= 0.3 is 0 Å². The van der Waals surface area contributed by atoms with Gasteiger partial charge in [-0.2, -0.15) is 0 Å². The Balaban J connectivity index is 1.84. The third-order valence-corrected chi connectivity index (χ3v) is 3.41. The zero-order chi connectivity index (χ0) is 17.2. The van der Waals surface area contributed by atoms with Crippen LogP contribution in [0.1, 0.15) is 20.3 Å². The van der Waals surface area contributed by atoms with Crippen molar-refractivity contribution in [2.75, 3.05) is 11.9 Å². The monoisotopic (exact) mass is 330 g/mol. The average Bonchev–Trinajstić information content (AvgIpc) is 2.94. The highest BCUT2D eigenvalue weighted by atomic mass is 19.1. The van der Waals surface area contributed by atoms with Gasteiger partial charge < -0.3 is 15.2 Å². The highest BCUT2D eigenvalue weighted by Crippen LogP contribution is 2.25. The molecule has 7 heteroatoms. The Hall–Kier alpha value is -2.67. The lowest BCUT2D eigenvalue weighted by molar-refractivity contribution is 0.0749. The van der Waals surface area contributed by atoms with Crippen molar-refractivity contribution in [2.24, 2.45) is 0 Å². The van der Waals surface area contributed by atoms with Gasteiger partial charge in [0.1, 0.15) is 11.6 Å². The average molecular weight is 330 g/mol. The molecule has 0 amide bonds. The second-order valence-electron chi connectivity index (χ2n) is 6.14. The molecular formula is C17H19FN4O2. The summed E-state index contributed by atoms with van der Waals surface area (Å²) in [4.78, 5) is 4.26. The number of ether oxygens (including phenoxy) is 1. The van der Waals surface area contributed by atoms with Gasteiger partial charge in [0.15, 0.2) is 5.65 Å². The van der Waals surface area contributed by atoms with E-state index in [1.54, 1.807) is 49.0 Å². The van der Waals surface area contributed by atoms with Crippen LogP contribution in [0.2, 0.25) is 0 Å². The molecule has 0 fully saturated rings. The van der Waals surface area contributed by atoms with Crippen LogP contribution < -0.4 is 10.1 Å². The third-order valence-electron chi connectivity index (χ3n) is 3.41. The summed E-state index contributed by atoms with van der Waals surface area (Å²) in [5, 5.41) is 17.3. The highest BCUT2D eigenvalue weighted by Gasteiger charge is 2.13. The molecular weight excluding hydrogens is 311 g/mol. The maximum Gasteiger partial charge on any atom is 0.239 e. The van der Waals surface area contributed by atoms with Crippen molar-refractivity contribution in [1.82, 2.24) is 14.6 Å². The lowest BCUT2D eigenvalue weighted by atomic mass is 10.1. The SMILES string of the molecule is CC(C)(O)CCNc1cc(Oc2cccc(F)c2)nn2ccnc12. The Bertz CT molecular complexity index is 842. The number of aromatic nitrogens is 3. The number of aliphatic hydroxyl groups is 1. The molecule has 0 unspecified atom stereocenters. The summed E-state index contributed by atoms with van der Waals surface area (Å²) >= 11 is 0. The summed E-state index contributed by atoms with van der Waals surface area (Å²) in [6.45, 7) is 4.07. The minimum absolute atomic E-state index is 0.317. The zero-order valence-corrected chi connectivity index (χ0v) is 13.5. The second kappa shape index (κ2) is 6.45. The molecule has 3 aromatic rings. The van der Waals surface area contributed by atoms with Crippen molar-refractivity contribution in [2.45, 2.75) is 25.9 Å². The number of hydrogen-bond acceptors (Lipinski definition) is 5. The molecule has 2 heterocycles. The van der Waals surface area contributed by atoms with Crippen LogP contribution in [0, 0.1) is 5.82 Å². The van der Waals surface area contributed by atoms with Crippen LogP contribution >= 0.6 is 0 Å². The van der Waals surface area contributed by atoms with E-state index in [9.17, 15) is 9.50 Å². The normalized spacial score (nSPS) is 11.7. The molecule has 0 saturated heterocycles. The Morgan fingerprint density at radius 2 is 2.17 bits per heavy atom. The zero-order valence-electron chi connectivity index (χ0n) is 13.5. The molecule has 2 aromatic heterocycles. The number of benzene rings is 1. The highest BCUT2D eigenvalue weighted by molar-refractivity contribution is 5.68. The number of anilines is 1. The molecule has 0 spiro atoms. The predicted molar refractivity (Wildman–Crippen MR) is 88.9 cm³/mol. The topological polar surface area (TPSA) is 71.7 Å². The smallest absolute Gasteiger partial charge is 0.239 e. The van der Waals surface area contributed by atoms with Crippen LogP contribution in [0.25, 0.3) is 5.65 Å². The molecule has 0 saturated carbocycles. The summed E-state index contributed by atoms with van der Waals surface area (Å²) in [6.07, 6.45) is 3.91. The van der Waals surface area contributed by atoms with Crippen molar-refractivity contribution in [3.63, 3.8) is 0 Å². The van der Waals surface area contributed by atoms with Gasteiger partial charge in [-0.1, -0.05) is 6.07 Å². The van der Waals surface area contributed by atoms with Gasteiger partial charge in [-0.15, -0.1) is 5.10 Å². The molecule has 0 radical (unpaired) electrons. The summed E-state index contributed by atoms with van der Waals surface area (Å²) in [6, 6.07) is 7.58. The van der Waals surface area contributed by atoms with E-state index in [2.05, 4.69) is 15.4 Å². The van der Waals surface area contributed by atoms with E-state index in [0.29, 0.717) is 30.2 Å². The summed E-state index contributed by atoms with van der Waals surface area (Å²) in [5.74, 6) is 0.306. The summed E-state index contributed by atoms with van der Waals surface area (Å²) < 4.78 is 20.5. The minimum Gasteiger partial charge on any atom is -0.437 e. The Morgan fingerprint density at radius 1 is 1.33 bits per heavy atom. The second-order valence-corrected chi connectivity index (χ2v) is 6.14. The number of nitrogens with one attached hydrogen (secondary N) is 1. The number of rotatable bonds is 6. The van der Waals surface area contributed by atoms with E-state index in [-0.39, 0.29) is 5.82 Å². The molecule has 0 bridgehead atoms. The number of fused-ring (bicyclic) bond motifs is 1. The van der Waals surface area contributed by atoms with Gasteiger partial charge in [-0.05, 0) is 32.4 Å². The fourth-order valence-electron chi connectivity index (χ4n) is 2.23. The lowest BCUT2D eigenvalue weighted by Crippen LogP contribution is -2.22. The van der Waals surface area contributed by atoms with E-state index >= 15 is 0 Å². The van der Waals surface area contributed by atoms with Gasteiger partial charge in [-0.3, -0.25) is 0 Å². The lowest BCUT2D eigenvalue weighted by Gasteiger charge is -2.17. The van der Waals surface area contributed by atoms with Crippen LogP contribution in [0.3, 0.4) is 0 Å². The predicted octanol–water partition coefficient (Wildman–Crippen LogP) is 3.23. The molecule has 126 valence electrons. The third kappa shape index (κ3) is 3.99. The van der Waals surface area contributed by atoms with Gasteiger partial charge in [0, 0.05) is 31.1 Å². The number of imidazole rings is 1. The summed E-state index contributed by atoms with van der Waals surface area (Å²) in [5.41, 5.74) is 0.620. The maximum atomic E-state index is 13.3. The van der Waals surface area contributed by atoms with E-state index < -0.39 is 5.60 Å². The number of halogens is 1. The van der Waals surface area contributed by atoms with Crippen LogP contribution in [-0.2, 0) is 0 Å². The minimum atomic E-state index is -0.757. The standard InChI is InChI=1S/C17H19FN4O2/c1-17(2,23)6-7-19-14-11-15(21-22-9-8-20-16(14)22)24-13-5-3-4-12(18)10-13/h3-5,8-11,19,23H,6-7H2,1-2H3. The number of nitrogens with zero attached hydrogens (tertiary/aromatic N) is 3. The molecule has 6 nitrogen and oxygen atoms in total. The van der Waals surface area contributed by atoms with Gasteiger partial charge in [0.25, 0.3) is 0 Å². The molecule has 0 aliphatic carbocycles. The van der Waals surface area contributed by atoms with Crippen LogP contribution in [0.4, 0.5) is 10.1 Å². The largest absolute Gasteiger partial charge is 0.437 e. The Morgan fingerprint density at radius 3 is 2.92 bits per heavy atom. The van der Waals surface area contributed by atoms with E-state index in [0.717, 1.165) is 5.69 Å². The van der Waals surface area contributed by atoms with Crippen molar-refractivity contribution in [3.05, 3.63) is 48.5 Å². The van der Waals surface area contributed by atoms with E-state index in [4.69, 9.17) is 4.74 Å². The maximum absolute atomic E-state index is 13.3. The van der Waals surface area contributed by atoms with Crippen LogP contribution in [0.5, 0.6) is 11.6 Å². The first kappa shape index (κ1) is 16.2. The first-order valence-electron chi connectivity index (χ1n) is 7.65. The fourth-order valence-corrected chi connectivity index (χ4v) is 2.23. The molecule has 3 rings (SSSR count). The molecule has 1 aromatic carbocycles. The molecule has 0 aliphatic heterocycles. The molecule has 24 heavy (non-hydrogen) atoms. The first-order valence-corrected chi connectivity index (χ1v) is 7.65. The van der Waals surface area contributed by atoms with Crippen LogP contribution in [-0.4, -0.2) is 31.9 Å². The van der Waals surface area contributed by atoms with Gasteiger partial charge in [0.2, 0.25) is 5.88 Å². The molecule has 2 N–H and O–H groups in total. The van der Waals surface area contributed by atoms with E-state index in [1.807, 2.05) is 0 Å². The van der Waals surface area contributed by atoms with Crippen molar-refractivity contribution in [1.29, 1.82) is 0 Å². The Labute approximate surface area is 138 Å². The van der Waals surface area contributed by atoms with Crippen molar-refractivity contribution < 1.29 is 14.2 Å². The number of hydrogen-bond donors (Lipinski definition) is 2.